The lowest BCUT2D eigenvalue weighted by Gasteiger charge is -2.32. The van der Waals surface area contributed by atoms with E-state index in [-0.39, 0.29) is 6.09 Å². The van der Waals surface area contributed by atoms with Gasteiger partial charge in [-0.3, -0.25) is 4.99 Å². The number of ether oxygens (including phenoxy) is 1. The van der Waals surface area contributed by atoms with Crippen LogP contribution in [0.1, 0.15) is 44.6 Å². The molecule has 3 rings (SSSR count). The van der Waals surface area contributed by atoms with Crippen molar-refractivity contribution in [2.45, 2.75) is 51.1 Å². The fraction of sp³-hybridized carbons (Fsp3) is 0.600. The van der Waals surface area contributed by atoms with Gasteiger partial charge in [-0.15, -0.1) is 0 Å². The zero-order valence-corrected chi connectivity index (χ0v) is 15.8. The molecule has 0 bridgehead atoms. The molecule has 2 aliphatic rings. The van der Waals surface area contributed by atoms with E-state index in [9.17, 15) is 4.79 Å². The fourth-order valence-corrected chi connectivity index (χ4v) is 3.50. The number of rotatable bonds is 5. The molecule has 2 N–H and O–H groups in total. The number of amides is 1. The Morgan fingerprint density at radius 2 is 1.92 bits per heavy atom. The second kappa shape index (κ2) is 8.92. The van der Waals surface area contributed by atoms with E-state index in [1.54, 1.807) is 4.90 Å². The maximum atomic E-state index is 11.8. The van der Waals surface area contributed by atoms with Gasteiger partial charge in [-0.1, -0.05) is 30.3 Å². The van der Waals surface area contributed by atoms with Crippen molar-refractivity contribution in [3.63, 3.8) is 0 Å². The molecule has 1 aliphatic carbocycles. The van der Waals surface area contributed by atoms with E-state index in [0.717, 1.165) is 44.9 Å². The molecule has 142 valence electrons. The van der Waals surface area contributed by atoms with Gasteiger partial charge in [-0.25, -0.2) is 4.79 Å². The van der Waals surface area contributed by atoms with Crippen molar-refractivity contribution < 1.29 is 9.53 Å². The van der Waals surface area contributed by atoms with Crippen LogP contribution < -0.4 is 10.6 Å². The number of hydrogen-bond donors (Lipinski definition) is 2. The predicted octanol–water partition coefficient (Wildman–Crippen LogP) is 2.72. The Balaban J connectivity index is 1.47. The second-order valence-corrected chi connectivity index (χ2v) is 6.93. The Morgan fingerprint density at radius 1 is 1.19 bits per heavy atom. The first-order valence-corrected chi connectivity index (χ1v) is 9.75. The van der Waals surface area contributed by atoms with Gasteiger partial charge in [0, 0.05) is 37.6 Å². The van der Waals surface area contributed by atoms with Crippen LogP contribution >= 0.6 is 0 Å². The summed E-state index contributed by atoms with van der Waals surface area (Å²) < 4.78 is 5.08. The normalized spacial score (nSPS) is 23.5. The van der Waals surface area contributed by atoms with Crippen LogP contribution in [0.4, 0.5) is 4.79 Å². The average Bonchev–Trinajstić information content (AvgIpc) is 3.42. The fourth-order valence-electron chi connectivity index (χ4n) is 3.50. The zero-order chi connectivity index (χ0) is 18.4. The Hall–Kier alpha value is -2.24. The summed E-state index contributed by atoms with van der Waals surface area (Å²) >= 11 is 0. The molecule has 1 saturated heterocycles. The third-order valence-corrected chi connectivity index (χ3v) is 5.02. The van der Waals surface area contributed by atoms with Crippen LogP contribution in [0.25, 0.3) is 0 Å². The number of hydrogen-bond acceptors (Lipinski definition) is 3. The summed E-state index contributed by atoms with van der Waals surface area (Å²) in [5, 5.41) is 7.13. The van der Waals surface area contributed by atoms with Gasteiger partial charge in [0.15, 0.2) is 5.96 Å². The van der Waals surface area contributed by atoms with Gasteiger partial charge in [0.25, 0.3) is 0 Å². The molecule has 1 heterocycles. The first-order chi connectivity index (χ1) is 12.7. The van der Waals surface area contributed by atoms with Crippen LogP contribution in [0, 0.1) is 0 Å². The lowest BCUT2D eigenvalue weighted by molar-refractivity contribution is 0.0963. The molecular formula is C20H30N4O2. The van der Waals surface area contributed by atoms with Crippen LogP contribution in [-0.4, -0.2) is 55.3 Å². The monoisotopic (exact) mass is 358 g/mol. The molecule has 2 fully saturated rings. The molecule has 1 saturated carbocycles. The molecule has 0 aromatic heterocycles. The van der Waals surface area contributed by atoms with E-state index in [1.807, 2.05) is 13.8 Å². The van der Waals surface area contributed by atoms with E-state index < -0.39 is 0 Å². The molecule has 2 atom stereocenters. The molecule has 1 amide bonds. The summed E-state index contributed by atoms with van der Waals surface area (Å²) in [5.74, 6) is 1.47. The minimum Gasteiger partial charge on any atom is -0.450 e. The summed E-state index contributed by atoms with van der Waals surface area (Å²) in [6, 6.07) is 11.4. The van der Waals surface area contributed by atoms with Crippen molar-refractivity contribution >= 4 is 12.1 Å². The largest absolute Gasteiger partial charge is 0.450 e. The molecule has 0 spiro atoms. The van der Waals surface area contributed by atoms with Crippen molar-refractivity contribution in [1.29, 1.82) is 0 Å². The van der Waals surface area contributed by atoms with Crippen molar-refractivity contribution in [3.8, 4) is 0 Å². The zero-order valence-electron chi connectivity index (χ0n) is 15.8. The number of benzene rings is 1. The molecule has 6 heteroatoms. The highest BCUT2D eigenvalue weighted by molar-refractivity contribution is 5.81. The number of carbonyl (C=O) groups excluding carboxylic acids is 1. The highest BCUT2D eigenvalue weighted by atomic mass is 16.6. The first kappa shape index (κ1) is 18.5. The van der Waals surface area contributed by atoms with Crippen LogP contribution in [0.2, 0.25) is 0 Å². The molecule has 6 nitrogen and oxygen atoms in total. The lowest BCUT2D eigenvalue weighted by atomic mass is 10.1. The summed E-state index contributed by atoms with van der Waals surface area (Å²) in [5.41, 5.74) is 1.39. The minimum absolute atomic E-state index is 0.199. The maximum absolute atomic E-state index is 11.8. The van der Waals surface area contributed by atoms with Crippen LogP contribution in [-0.2, 0) is 4.74 Å². The van der Waals surface area contributed by atoms with E-state index in [1.165, 1.54) is 5.56 Å². The first-order valence-electron chi connectivity index (χ1n) is 9.75. The highest BCUT2D eigenvalue weighted by Crippen LogP contribution is 2.40. The number of carbonyl (C=O) groups is 1. The van der Waals surface area contributed by atoms with Gasteiger partial charge in [0.1, 0.15) is 0 Å². The smallest absolute Gasteiger partial charge is 0.409 e. The third kappa shape index (κ3) is 4.90. The van der Waals surface area contributed by atoms with Crippen molar-refractivity contribution in [2.75, 3.05) is 26.2 Å². The highest BCUT2D eigenvalue weighted by Gasteiger charge is 2.39. The number of piperidine rings is 1. The molecule has 1 aromatic carbocycles. The molecule has 1 aliphatic heterocycles. The van der Waals surface area contributed by atoms with Gasteiger partial charge in [-0.2, -0.15) is 0 Å². The summed E-state index contributed by atoms with van der Waals surface area (Å²) in [7, 11) is 0. The average molecular weight is 358 g/mol. The molecule has 1 aromatic rings. The topological polar surface area (TPSA) is 66.0 Å². The molecule has 0 radical (unpaired) electrons. The van der Waals surface area contributed by atoms with Crippen LogP contribution in [0.5, 0.6) is 0 Å². The number of nitrogens with one attached hydrogen (secondary N) is 2. The minimum atomic E-state index is -0.199. The second-order valence-electron chi connectivity index (χ2n) is 6.93. The number of aliphatic imine (C=N–C) groups is 1. The van der Waals surface area contributed by atoms with Crippen molar-refractivity contribution in [1.82, 2.24) is 15.5 Å². The lowest BCUT2D eigenvalue weighted by Crippen LogP contribution is -2.50. The SMILES string of the molecule is CCN=C(NC1CCN(C(=O)OCC)CC1)NC1CC1c1ccccc1. The Bertz CT molecular complexity index is 611. The standard InChI is InChI=1S/C20H30N4O2/c1-3-21-19(23-18-14-17(18)15-8-6-5-7-9-15)22-16-10-12-24(13-11-16)20(25)26-4-2/h5-9,16-18H,3-4,10-14H2,1-2H3,(H2,21,22,23). The number of guanidine groups is 1. The Labute approximate surface area is 156 Å². The Kier molecular flexibility index (Phi) is 6.36. The Morgan fingerprint density at radius 3 is 2.58 bits per heavy atom. The van der Waals surface area contributed by atoms with E-state index in [4.69, 9.17) is 4.74 Å². The number of likely N-dealkylation sites (tertiary alicyclic amines) is 1. The van der Waals surface area contributed by atoms with E-state index in [2.05, 4.69) is 46.0 Å². The maximum Gasteiger partial charge on any atom is 0.409 e. The van der Waals surface area contributed by atoms with Gasteiger partial charge < -0.3 is 20.3 Å². The molecule has 2 unspecified atom stereocenters. The van der Waals surface area contributed by atoms with E-state index in [0.29, 0.717) is 24.6 Å². The van der Waals surface area contributed by atoms with Crippen molar-refractivity contribution in [3.05, 3.63) is 35.9 Å². The summed E-state index contributed by atoms with van der Waals surface area (Å²) in [4.78, 5) is 18.2. The molecular weight excluding hydrogens is 328 g/mol. The number of nitrogens with zero attached hydrogens (tertiary/aromatic N) is 2. The van der Waals surface area contributed by atoms with E-state index >= 15 is 0 Å². The molecule has 26 heavy (non-hydrogen) atoms. The quantitative estimate of drug-likeness (QED) is 0.627. The predicted molar refractivity (Wildman–Crippen MR) is 103 cm³/mol. The van der Waals surface area contributed by atoms with Gasteiger partial charge >= 0.3 is 6.09 Å². The third-order valence-electron chi connectivity index (χ3n) is 5.02. The van der Waals surface area contributed by atoms with Gasteiger partial charge in [-0.05, 0) is 38.7 Å². The van der Waals surface area contributed by atoms with Gasteiger partial charge in [0.05, 0.1) is 6.61 Å². The van der Waals surface area contributed by atoms with Crippen LogP contribution in [0.3, 0.4) is 0 Å². The van der Waals surface area contributed by atoms with Gasteiger partial charge in [0.2, 0.25) is 0 Å². The van der Waals surface area contributed by atoms with Crippen LogP contribution in [0.15, 0.2) is 35.3 Å². The summed E-state index contributed by atoms with van der Waals surface area (Å²) in [6.45, 7) is 6.52. The van der Waals surface area contributed by atoms with Crippen molar-refractivity contribution in [2.24, 2.45) is 4.99 Å². The summed E-state index contributed by atoms with van der Waals surface area (Å²) in [6.07, 6.45) is 2.78.